The van der Waals surface area contributed by atoms with Crippen molar-refractivity contribution in [2.45, 2.75) is 45.4 Å². The highest BCUT2D eigenvalue weighted by molar-refractivity contribution is 5.84. The van der Waals surface area contributed by atoms with Gasteiger partial charge in [0.2, 0.25) is 0 Å². The van der Waals surface area contributed by atoms with Gasteiger partial charge in [-0.05, 0) is 78.1 Å². The molecule has 0 saturated heterocycles. The molecule has 4 aromatic carbocycles. The SMILES string of the molecule is CCCCCc1ccc(CCc2ccc(C#Cc3ccc4c(F)c(F)ccc4c3)cc2)cc1. The van der Waals surface area contributed by atoms with Gasteiger partial charge < -0.3 is 0 Å². The number of benzene rings is 4. The van der Waals surface area contributed by atoms with Gasteiger partial charge in [0.1, 0.15) is 0 Å². The summed E-state index contributed by atoms with van der Waals surface area (Å²) in [5.74, 6) is 4.64. The summed E-state index contributed by atoms with van der Waals surface area (Å²) in [5.41, 5.74) is 5.79. The van der Waals surface area contributed by atoms with E-state index in [0.717, 1.165) is 30.0 Å². The van der Waals surface area contributed by atoms with Crippen molar-refractivity contribution in [1.29, 1.82) is 0 Å². The Morgan fingerprint density at radius 3 is 1.85 bits per heavy atom. The second-order valence-corrected chi connectivity index (χ2v) is 8.52. The molecule has 0 nitrogen and oxygen atoms in total. The van der Waals surface area contributed by atoms with Gasteiger partial charge in [-0.15, -0.1) is 0 Å². The second kappa shape index (κ2) is 10.9. The molecule has 4 aromatic rings. The average molecular weight is 439 g/mol. The van der Waals surface area contributed by atoms with Crippen molar-refractivity contribution >= 4 is 10.8 Å². The van der Waals surface area contributed by atoms with Crippen LogP contribution in [0.4, 0.5) is 8.78 Å². The molecule has 33 heavy (non-hydrogen) atoms. The van der Waals surface area contributed by atoms with Gasteiger partial charge in [-0.2, -0.15) is 0 Å². The van der Waals surface area contributed by atoms with E-state index in [0.29, 0.717) is 5.39 Å². The minimum Gasteiger partial charge on any atom is -0.204 e. The number of aryl methyl sites for hydroxylation is 3. The Bertz CT molecular complexity index is 1270. The summed E-state index contributed by atoms with van der Waals surface area (Å²) >= 11 is 0. The van der Waals surface area contributed by atoms with Gasteiger partial charge in [0, 0.05) is 16.5 Å². The monoisotopic (exact) mass is 438 g/mol. The van der Waals surface area contributed by atoms with E-state index in [4.69, 9.17) is 0 Å². The second-order valence-electron chi connectivity index (χ2n) is 8.52. The van der Waals surface area contributed by atoms with Crippen LogP contribution in [0.5, 0.6) is 0 Å². The third kappa shape index (κ3) is 6.08. The normalized spacial score (nSPS) is 10.8. The largest absolute Gasteiger partial charge is 0.204 e. The minimum absolute atomic E-state index is 0.274. The molecule has 0 amide bonds. The molecule has 0 aliphatic carbocycles. The summed E-state index contributed by atoms with van der Waals surface area (Å²) in [6, 6.07) is 25.2. The summed E-state index contributed by atoms with van der Waals surface area (Å²) in [7, 11) is 0. The van der Waals surface area contributed by atoms with Gasteiger partial charge in [-0.1, -0.05) is 80.1 Å². The first-order valence-corrected chi connectivity index (χ1v) is 11.7. The summed E-state index contributed by atoms with van der Waals surface area (Å²) in [5, 5.41) is 0.918. The lowest BCUT2D eigenvalue weighted by Gasteiger charge is -2.05. The fraction of sp³-hybridized carbons (Fsp3) is 0.226. The van der Waals surface area contributed by atoms with E-state index in [2.05, 4.69) is 55.2 Å². The molecule has 0 aromatic heterocycles. The molecule has 0 N–H and O–H groups in total. The molecule has 0 aliphatic heterocycles. The molecule has 0 radical (unpaired) electrons. The molecule has 0 saturated carbocycles. The lowest BCUT2D eigenvalue weighted by atomic mass is 10.0. The van der Waals surface area contributed by atoms with Crippen molar-refractivity contribution in [3.63, 3.8) is 0 Å². The first-order valence-electron chi connectivity index (χ1n) is 11.7. The molecule has 0 bridgehead atoms. The number of unbranched alkanes of at least 4 members (excludes halogenated alkanes) is 2. The van der Waals surface area contributed by atoms with E-state index < -0.39 is 11.6 Å². The fourth-order valence-corrected chi connectivity index (χ4v) is 3.98. The van der Waals surface area contributed by atoms with Crippen LogP contribution in [0.3, 0.4) is 0 Å². The Balaban J connectivity index is 1.35. The van der Waals surface area contributed by atoms with Crippen LogP contribution in [0.2, 0.25) is 0 Å². The first kappa shape index (κ1) is 22.7. The highest BCUT2D eigenvalue weighted by atomic mass is 19.2. The lowest BCUT2D eigenvalue weighted by Crippen LogP contribution is -1.93. The van der Waals surface area contributed by atoms with Crippen molar-refractivity contribution in [2.75, 3.05) is 0 Å². The number of halogens is 2. The van der Waals surface area contributed by atoms with Crippen molar-refractivity contribution in [2.24, 2.45) is 0 Å². The van der Waals surface area contributed by atoms with Crippen LogP contribution in [-0.4, -0.2) is 0 Å². The molecule has 4 rings (SSSR count). The highest BCUT2D eigenvalue weighted by Crippen LogP contribution is 2.21. The van der Waals surface area contributed by atoms with Crippen molar-refractivity contribution in [3.8, 4) is 11.8 Å². The van der Waals surface area contributed by atoms with Gasteiger partial charge in [-0.25, -0.2) is 8.78 Å². The van der Waals surface area contributed by atoms with E-state index in [9.17, 15) is 8.78 Å². The van der Waals surface area contributed by atoms with Crippen LogP contribution in [0, 0.1) is 23.5 Å². The van der Waals surface area contributed by atoms with Crippen LogP contribution in [0.1, 0.15) is 54.0 Å². The van der Waals surface area contributed by atoms with Crippen LogP contribution in [0.25, 0.3) is 10.8 Å². The number of hydrogen-bond donors (Lipinski definition) is 0. The fourth-order valence-electron chi connectivity index (χ4n) is 3.98. The summed E-state index contributed by atoms with van der Waals surface area (Å²) in [4.78, 5) is 0. The van der Waals surface area contributed by atoms with Crippen LogP contribution in [0.15, 0.2) is 78.9 Å². The predicted octanol–water partition coefficient (Wildman–Crippen LogP) is 8.04. The zero-order valence-electron chi connectivity index (χ0n) is 19.0. The van der Waals surface area contributed by atoms with Crippen LogP contribution in [-0.2, 0) is 19.3 Å². The van der Waals surface area contributed by atoms with E-state index >= 15 is 0 Å². The quantitative estimate of drug-likeness (QED) is 0.202. The summed E-state index contributed by atoms with van der Waals surface area (Å²) in [6.07, 6.45) is 7.01. The number of fused-ring (bicyclic) bond motifs is 1. The highest BCUT2D eigenvalue weighted by Gasteiger charge is 2.06. The Morgan fingerprint density at radius 2 is 1.18 bits per heavy atom. The molecular weight excluding hydrogens is 410 g/mol. The first-order chi connectivity index (χ1) is 16.1. The van der Waals surface area contributed by atoms with Gasteiger partial charge in [0.15, 0.2) is 11.6 Å². The van der Waals surface area contributed by atoms with E-state index in [1.807, 2.05) is 12.1 Å². The van der Waals surface area contributed by atoms with Crippen molar-refractivity contribution in [1.82, 2.24) is 0 Å². The zero-order valence-corrected chi connectivity index (χ0v) is 19.0. The third-order valence-electron chi connectivity index (χ3n) is 6.01. The molecule has 2 heteroatoms. The summed E-state index contributed by atoms with van der Waals surface area (Å²) < 4.78 is 27.2. The molecule has 166 valence electrons. The number of hydrogen-bond acceptors (Lipinski definition) is 0. The van der Waals surface area contributed by atoms with E-state index in [-0.39, 0.29) is 5.39 Å². The Hall–Kier alpha value is -3.44. The Kier molecular flexibility index (Phi) is 7.53. The van der Waals surface area contributed by atoms with E-state index in [1.54, 1.807) is 24.3 Å². The third-order valence-corrected chi connectivity index (χ3v) is 6.01. The maximum absolute atomic E-state index is 13.9. The molecule has 0 heterocycles. The van der Waals surface area contributed by atoms with Crippen molar-refractivity contribution in [3.05, 3.63) is 118 Å². The molecular formula is C31H28F2. The average Bonchev–Trinajstić information content (AvgIpc) is 2.85. The minimum atomic E-state index is -0.833. The predicted molar refractivity (Wildman–Crippen MR) is 133 cm³/mol. The Labute approximate surface area is 195 Å². The molecule has 0 spiro atoms. The Morgan fingerprint density at radius 1 is 0.606 bits per heavy atom. The van der Waals surface area contributed by atoms with E-state index in [1.165, 1.54) is 42.4 Å². The smallest absolute Gasteiger partial charge is 0.166 e. The van der Waals surface area contributed by atoms with Crippen LogP contribution < -0.4 is 0 Å². The lowest BCUT2D eigenvalue weighted by molar-refractivity contribution is 0.517. The van der Waals surface area contributed by atoms with Gasteiger partial charge in [0.05, 0.1) is 0 Å². The maximum Gasteiger partial charge on any atom is 0.166 e. The molecule has 0 atom stereocenters. The molecule has 0 fully saturated rings. The maximum atomic E-state index is 13.9. The number of rotatable bonds is 7. The molecule has 0 aliphatic rings. The zero-order chi connectivity index (χ0) is 23.0. The van der Waals surface area contributed by atoms with Gasteiger partial charge in [0.25, 0.3) is 0 Å². The van der Waals surface area contributed by atoms with Crippen LogP contribution >= 0.6 is 0 Å². The van der Waals surface area contributed by atoms with Crippen molar-refractivity contribution < 1.29 is 8.78 Å². The summed E-state index contributed by atoms with van der Waals surface area (Å²) in [6.45, 7) is 2.24. The van der Waals surface area contributed by atoms with Gasteiger partial charge >= 0.3 is 0 Å². The molecule has 0 unspecified atom stereocenters. The standard InChI is InChI=1S/C31H28F2/c1-2-3-4-5-23-6-8-24(9-7-23)10-11-25-12-14-26(15-13-25)16-17-27-18-20-29-28(22-27)19-21-30(32)31(29)33/h6-9,12-15,18-22H,2-5,10-11H2,1H3. The topological polar surface area (TPSA) is 0 Å². The van der Waals surface area contributed by atoms with Gasteiger partial charge in [-0.3, -0.25) is 0 Å².